The smallest absolute Gasteiger partial charge is 0.230 e. The molecular formula is C18H13N3O2. The van der Waals surface area contributed by atoms with Crippen molar-refractivity contribution in [1.29, 1.82) is 0 Å². The fourth-order valence-corrected chi connectivity index (χ4v) is 2.63. The lowest BCUT2D eigenvalue weighted by Gasteiger charge is -2.07. The number of para-hydroxylation sites is 1. The maximum atomic E-state index is 12.4. The zero-order valence-electron chi connectivity index (χ0n) is 12.2. The van der Waals surface area contributed by atoms with Crippen LogP contribution in [0.2, 0.25) is 0 Å². The minimum absolute atomic E-state index is 0.139. The highest BCUT2D eigenvalue weighted by Crippen LogP contribution is 2.23. The number of carbonyl (C=O) groups excluding carboxylic acids is 1. The molecule has 2 heterocycles. The van der Waals surface area contributed by atoms with Crippen LogP contribution in [-0.4, -0.2) is 16.0 Å². The molecule has 0 atom stereocenters. The zero-order chi connectivity index (χ0) is 15.6. The fourth-order valence-electron chi connectivity index (χ4n) is 2.63. The second kappa shape index (κ2) is 5.53. The Hall–Kier alpha value is -3.21. The summed E-state index contributed by atoms with van der Waals surface area (Å²) in [6, 6.07) is 15.2. The molecule has 0 unspecified atom stereocenters. The predicted octanol–water partition coefficient (Wildman–Crippen LogP) is 3.56. The van der Waals surface area contributed by atoms with Crippen molar-refractivity contribution in [3.63, 3.8) is 0 Å². The maximum Gasteiger partial charge on any atom is 0.230 e. The summed E-state index contributed by atoms with van der Waals surface area (Å²) in [7, 11) is 0. The normalized spacial score (nSPS) is 11.0. The molecule has 0 aliphatic heterocycles. The molecule has 0 radical (unpaired) electrons. The van der Waals surface area contributed by atoms with Gasteiger partial charge >= 0.3 is 0 Å². The average Bonchev–Trinajstić information content (AvgIpc) is 2.98. The molecule has 23 heavy (non-hydrogen) atoms. The summed E-state index contributed by atoms with van der Waals surface area (Å²) >= 11 is 0. The van der Waals surface area contributed by atoms with Crippen LogP contribution in [0.25, 0.3) is 21.7 Å². The Labute approximate surface area is 131 Å². The van der Waals surface area contributed by atoms with Crippen molar-refractivity contribution < 1.29 is 9.32 Å². The van der Waals surface area contributed by atoms with E-state index >= 15 is 0 Å². The van der Waals surface area contributed by atoms with E-state index in [4.69, 9.17) is 4.52 Å². The number of nitrogens with one attached hydrogen (secondary N) is 1. The molecule has 2 aromatic carbocycles. The number of rotatable bonds is 3. The first kappa shape index (κ1) is 13.5. The topological polar surface area (TPSA) is 68.0 Å². The van der Waals surface area contributed by atoms with Crippen LogP contribution in [0.1, 0.15) is 5.69 Å². The molecule has 5 heteroatoms. The van der Waals surface area contributed by atoms with Gasteiger partial charge in [-0.25, -0.2) is 0 Å². The van der Waals surface area contributed by atoms with Crippen molar-refractivity contribution in [2.45, 2.75) is 6.42 Å². The molecule has 112 valence electrons. The monoisotopic (exact) mass is 303 g/mol. The van der Waals surface area contributed by atoms with Crippen molar-refractivity contribution in [2.24, 2.45) is 0 Å². The Balaban J connectivity index is 1.60. The van der Waals surface area contributed by atoms with E-state index in [9.17, 15) is 4.79 Å². The SMILES string of the molecule is O=C(Cc1noc2ccccc12)Nc1cccc2ccncc12. The molecule has 4 rings (SSSR count). The Morgan fingerprint density at radius 1 is 1.04 bits per heavy atom. The molecule has 0 saturated carbocycles. The Morgan fingerprint density at radius 3 is 2.91 bits per heavy atom. The predicted molar refractivity (Wildman–Crippen MR) is 88.1 cm³/mol. The van der Waals surface area contributed by atoms with Crippen molar-refractivity contribution >= 4 is 33.3 Å². The number of aromatic nitrogens is 2. The zero-order valence-corrected chi connectivity index (χ0v) is 12.2. The van der Waals surface area contributed by atoms with Crippen LogP contribution in [0.4, 0.5) is 5.69 Å². The summed E-state index contributed by atoms with van der Waals surface area (Å²) in [4.78, 5) is 16.5. The molecule has 2 aromatic heterocycles. The largest absolute Gasteiger partial charge is 0.356 e. The van der Waals surface area contributed by atoms with Crippen molar-refractivity contribution in [3.8, 4) is 0 Å². The third-order valence-electron chi connectivity index (χ3n) is 3.74. The Morgan fingerprint density at radius 2 is 1.96 bits per heavy atom. The van der Waals surface area contributed by atoms with E-state index in [0.717, 1.165) is 21.8 Å². The van der Waals surface area contributed by atoms with Crippen LogP contribution in [-0.2, 0) is 11.2 Å². The molecule has 1 N–H and O–H groups in total. The summed E-state index contributed by atoms with van der Waals surface area (Å²) in [5, 5.41) is 9.72. The van der Waals surface area contributed by atoms with Gasteiger partial charge in [-0.15, -0.1) is 0 Å². The maximum absolute atomic E-state index is 12.4. The van der Waals surface area contributed by atoms with Gasteiger partial charge in [0.1, 0.15) is 5.69 Å². The number of nitrogens with zero attached hydrogens (tertiary/aromatic N) is 2. The minimum atomic E-state index is -0.139. The molecule has 1 amide bonds. The quantitative estimate of drug-likeness (QED) is 0.628. The summed E-state index contributed by atoms with van der Waals surface area (Å²) in [5.74, 6) is -0.139. The number of hydrogen-bond donors (Lipinski definition) is 1. The molecule has 0 aliphatic carbocycles. The summed E-state index contributed by atoms with van der Waals surface area (Å²) in [6.07, 6.45) is 3.64. The van der Waals surface area contributed by atoms with Gasteiger partial charge in [-0.1, -0.05) is 29.4 Å². The van der Waals surface area contributed by atoms with Gasteiger partial charge in [-0.05, 0) is 29.7 Å². The van der Waals surface area contributed by atoms with Gasteiger partial charge in [0.2, 0.25) is 5.91 Å². The van der Waals surface area contributed by atoms with E-state index in [-0.39, 0.29) is 12.3 Å². The number of fused-ring (bicyclic) bond motifs is 2. The summed E-state index contributed by atoms with van der Waals surface area (Å²) in [6.45, 7) is 0. The van der Waals surface area contributed by atoms with Crippen LogP contribution in [0, 0.1) is 0 Å². The van der Waals surface area contributed by atoms with Gasteiger partial charge in [-0.2, -0.15) is 0 Å². The lowest BCUT2D eigenvalue weighted by atomic mass is 10.1. The van der Waals surface area contributed by atoms with Gasteiger partial charge in [0.25, 0.3) is 0 Å². The van der Waals surface area contributed by atoms with Gasteiger partial charge in [-0.3, -0.25) is 9.78 Å². The second-order valence-electron chi connectivity index (χ2n) is 5.25. The van der Waals surface area contributed by atoms with E-state index < -0.39 is 0 Å². The number of amides is 1. The lowest BCUT2D eigenvalue weighted by Crippen LogP contribution is -2.15. The van der Waals surface area contributed by atoms with Crippen LogP contribution in [0.15, 0.2) is 65.4 Å². The second-order valence-corrected chi connectivity index (χ2v) is 5.25. The third-order valence-corrected chi connectivity index (χ3v) is 3.74. The van der Waals surface area contributed by atoms with Gasteiger partial charge < -0.3 is 9.84 Å². The average molecular weight is 303 g/mol. The molecular weight excluding hydrogens is 290 g/mol. The Bertz CT molecular complexity index is 1000. The molecule has 4 aromatic rings. The standard InChI is InChI=1S/C18H13N3O2/c22-18(10-16-13-5-1-2-7-17(13)23-21-16)20-15-6-3-4-12-8-9-19-11-14(12)15/h1-9,11H,10H2,(H,20,22). The van der Waals surface area contributed by atoms with Crippen LogP contribution in [0.3, 0.4) is 0 Å². The number of hydrogen-bond acceptors (Lipinski definition) is 4. The highest BCUT2D eigenvalue weighted by atomic mass is 16.5. The number of pyridine rings is 1. The molecule has 0 aliphatic rings. The van der Waals surface area contributed by atoms with Crippen molar-refractivity contribution in [2.75, 3.05) is 5.32 Å². The van der Waals surface area contributed by atoms with Crippen LogP contribution in [0.5, 0.6) is 0 Å². The van der Waals surface area contributed by atoms with E-state index in [1.165, 1.54) is 0 Å². The van der Waals surface area contributed by atoms with Gasteiger partial charge in [0.15, 0.2) is 5.58 Å². The molecule has 5 nitrogen and oxygen atoms in total. The van der Waals surface area contributed by atoms with Crippen molar-refractivity contribution in [1.82, 2.24) is 10.1 Å². The van der Waals surface area contributed by atoms with E-state index in [1.807, 2.05) is 48.5 Å². The lowest BCUT2D eigenvalue weighted by molar-refractivity contribution is -0.115. The van der Waals surface area contributed by atoms with E-state index in [2.05, 4.69) is 15.5 Å². The number of benzene rings is 2. The number of carbonyl (C=O) groups is 1. The van der Waals surface area contributed by atoms with E-state index in [1.54, 1.807) is 12.4 Å². The summed E-state index contributed by atoms with van der Waals surface area (Å²) in [5.41, 5.74) is 2.06. The molecule has 0 bridgehead atoms. The van der Waals surface area contributed by atoms with Crippen molar-refractivity contribution in [3.05, 3.63) is 66.6 Å². The molecule has 0 saturated heterocycles. The number of anilines is 1. The van der Waals surface area contributed by atoms with Crippen LogP contribution < -0.4 is 5.32 Å². The summed E-state index contributed by atoms with van der Waals surface area (Å²) < 4.78 is 5.23. The molecule has 0 spiro atoms. The first-order valence-corrected chi connectivity index (χ1v) is 7.27. The van der Waals surface area contributed by atoms with Crippen LogP contribution >= 0.6 is 0 Å². The van der Waals surface area contributed by atoms with Gasteiger partial charge in [0.05, 0.1) is 12.1 Å². The minimum Gasteiger partial charge on any atom is -0.356 e. The van der Waals surface area contributed by atoms with Gasteiger partial charge in [0, 0.05) is 23.2 Å². The third kappa shape index (κ3) is 2.53. The molecule has 0 fully saturated rings. The first-order chi connectivity index (χ1) is 11.3. The first-order valence-electron chi connectivity index (χ1n) is 7.27. The van der Waals surface area contributed by atoms with E-state index in [0.29, 0.717) is 11.3 Å². The highest BCUT2D eigenvalue weighted by molar-refractivity contribution is 6.02. The Kier molecular flexibility index (Phi) is 3.24. The highest BCUT2D eigenvalue weighted by Gasteiger charge is 2.13. The fraction of sp³-hybridized carbons (Fsp3) is 0.0556.